The Bertz CT molecular complexity index is 926. The maximum absolute atomic E-state index is 3.87. The van der Waals surface area contributed by atoms with E-state index < -0.39 is 0 Å². The molecule has 1 heterocycles. The molecule has 0 saturated heterocycles. The second-order valence-corrected chi connectivity index (χ2v) is 5.18. The average molecular weight is 273 g/mol. The summed E-state index contributed by atoms with van der Waals surface area (Å²) in [7, 11) is 0. The van der Waals surface area contributed by atoms with Crippen molar-refractivity contribution in [2.45, 2.75) is 13.8 Å². The van der Waals surface area contributed by atoms with E-state index in [2.05, 4.69) is 85.7 Å². The predicted molar refractivity (Wildman–Crippen MR) is 92.1 cm³/mol. The molecule has 3 rings (SSSR count). The molecular weight excluding hydrogens is 254 g/mol. The van der Waals surface area contributed by atoms with Gasteiger partial charge in [-0.1, -0.05) is 49.1 Å². The molecule has 0 aliphatic rings. The molecule has 0 bridgehead atoms. The molecule has 0 atom stereocenters. The van der Waals surface area contributed by atoms with Crippen LogP contribution in [0.4, 0.5) is 0 Å². The van der Waals surface area contributed by atoms with Crippen molar-refractivity contribution in [3.63, 3.8) is 0 Å². The largest absolute Gasteiger partial charge is 0.309 e. The van der Waals surface area contributed by atoms with Crippen molar-refractivity contribution in [2.75, 3.05) is 0 Å². The highest BCUT2D eigenvalue weighted by Gasteiger charge is 2.08. The quantitative estimate of drug-likeness (QED) is 0.671. The van der Waals surface area contributed by atoms with E-state index in [9.17, 15) is 0 Å². The summed E-state index contributed by atoms with van der Waals surface area (Å²) in [6.07, 6.45) is 6.11. The molecule has 0 N–H and O–H groups in total. The van der Waals surface area contributed by atoms with Crippen LogP contribution in [0, 0.1) is 6.92 Å². The summed E-state index contributed by atoms with van der Waals surface area (Å²) in [5.74, 6) is 0. The molecular formula is C20H19N. The van der Waals surface area contributed by atoms with Crippen LogP contribution in [-0.4, -0.2) is 4.57 Å². The van der Waals surface area contributed by atoms with Crippen molar-refractivity contribution in [2.24, 2.45) is 0 Å². The van der Waals surface area contributed by atoms with Crippen molar-refractivity contribution in [3.8, 4) is 5.69 Å². The molecule has 1 aromatic heterocycles. The average Bonchev–Trinajstić information content (AvgIpc) is 2.81. The lowest BCUT2D eigenvalue weighted by Crippen LogP contribution is -2.27. The number of rotatable bonds is 2. The molecule has 0 saturated carbocycles. The van der Waals surface area contributed by atoms with Crippen LogP contribution >= 0.6 is 0 Å². The first kappa shape index (κ1) is 13.4. The van der Waals surface area contributed by atoms with Gasteiger partial charge in [0.25, 0.3) is 0 Å². The van der Waals surface area contributed by atoms with Crippen molar-refractivity contribution in [3.05, 3.63) is 77.3 Å². The summed E-state index contributed by atoms with van der Waals surface area (Å²) in [5.41, 5.74) is 3.67. The number of fused-ring (bicyclic) bond motifs is 1. The van der Waals surface area contributed by atoms with Crippen molar-refractivity contribution in [1.29, 1.82) is 0 Å². The van der Waals surface area contributed by atoms with Crippen molar-refractivity contribution < 1.29 is 0 Å². The normalized spacial score (nSPS) is 13.0. The Morgan fingerprint density at radius 1 is 1.05 bits per heavy atom. The Kier molecular flexibility index (Phi) is 3.49. The van der Waals surface area contributed by atoms with E-state index >= 15 is 0 Å². The van der Waals surface area contributed by atoms with Crippen LogP contribution in [-0.2, 0) is 0 Å². The van der Waals surface area contributed by atoms with E-state index in [1.54, 1.807) is 0 Å². The second-order valence-electron chi connectivity index (χ2n) is 5.18. The number of allylic oxidation sites excluding steroid dienone is 1. The number of hydrogen-bond donors (Lipinski definition) is 0. The zero-order valence-electron chi connectivity index (χ0n) is 12.5. The Morgan fingerprint density at radius 3 is 2.57 bits per heavy atom. The minimum Gasteiger partial charge on any atom is -0.309 e. The lowest BCUT2D eigenvalue weighted by atomic mass is 10.2. The highest BCUT2D eigenvalue weighted by Crippen LogP contribution is 2.15. The number of hydrogen-bond acceptors (Lipinski definition) is 0. The van der Waals surface area contributed by atoms with Gasteiger partial charge in [-0.05, 0) is 43.7 Å². The van der Waals surface area contributed by atoms with Gasteiger partial charge in [0, 0.05) is 16.3 Å². The third-order valence-corrected chi connectivity index (χ3v) is 3.78. The highest BCUT2D eigenvalue weighted by atomic mass is 15.0. The first-order chi connectivity index (χ1) is 10.3. The summed E-state index contributed by atoms with van der Waals surface area (Å²) >= 11 is 0. The molecule has 21 heavy (non-hydrogen) atoms. The van der Waals surface area contributed by atoms with E-state index in [-0.39, 0.29) is 0 Å². The molecule has 3 aromatic rings. The van der Waals surface area contributed by atoms with Gasteiger partial charge in [0.2, 0.25) is 0 Å². The molecule has 2 aromatic carbocycles. The van der Waals surface area contributed by atoms with E-state index in [0.29, 0.717) is 0 Å². The van der Waals surface area contributed by atoms with Gasteiger partial charge in [0.1, 0.15) is 0 Å². The minimum atomic E-state index is 1.18. The van der Waals surface area contributed by atoms with E-state index in [1.807, 2.05) is 6.08 Å². The smallest absolute Gasteiger partial charge is 0.0540 e. The fourth-order valence-electron chi connectivity index (χ4n) is 2.91. The first-order valence-electron chi connectivity index (χ1n) is 7.22. The summed E-state index contributed by atoms with van der Waals surface area (Å²) in [4.78, 5) is 0. The molecule has 0 aliphatic carbocycles. The van der Waals surface area contributed by atoms with Crippen LogP contribution in [0.2, 0.25) is 0 Å². The number of nitrogens with zero attached hydrogens (tertiary/aromatic N) is 1. The molecule has 0 unspecified atom stereocenters. The van der Waals surface area contributed by atoms with Gasteiger partial charge in [0.05, 0.1) is 10.9 Å². The minimum absolute atomic E-state index is 1.18. The Labute approximate surface area is 125 Å². The monoisotopic (exact) mass is 273 g/mol. The van der Waals surface area contributed by atoms with Gasteiger partial charge in [-0.3, -0.25) is 0 Å². The molecule has 1 nitrogen and oxygen atoms in total. The van der Waals surface area contributed by atoms with Gasteiger partial charge < -0.3 is 4.57 Å². The molecule has 1 heteroatoms. The maximum atomic E-state index is 3.87. The highest BCUT2D eigenvalue weighted by molar-refractivity contribution is 5.84. The summed E-state index contributed by atoms with van der Waals surface area (Å²) in [6, 6.07) is 17.1. The number of benzene rings is 2. The second kappa shape index (κ2) is 5.45. The van der Waals surface area contributed by atoms with Crippen LogP contribution in [0.15, 0.2) is 61.2 Å². The molecule has 0 amide bonds. The van der Waals surface area contributed by atoms with E-state index in [1.165, 1.54) is 32.7 Å². The SMILES string of the molecule is C=C/C=c1\c(=C/C)c2ccccc2n1-c1cccc(C)c1. The molecule has 104 valence electrons. The number of aryl methyl sites for hydroxylation is 1. The summed E-state index contributed by atoms with van der Waals surface area (Å²) in [5, 5.41) is 3.71. The fourth-order valence-corrected chi connectivity index (χ4v) is 2.91. The fraction of sp³-hybridized carbons (Fsp3) is 0.100. The van der Waals surface area contributed by atoms with Gasteiger partial charge in [0.15, 0.2) is 0 Å². The van der Waals surface area contributed by atoms with Crippen LogP contribution in [0.25, 0.3) is 28.7 Å². The third-order valence-electron chi connectivity index (χ3n) is 3.78. The van der Waals surface area contributed by atoms with Crippen LogP contribution < -0.4 is 10.6 Å². The lowest BCUT2D eigenvalue weighted by Gasteiger charge is -2.07. The van der Waals surface area contributed by atoms with E-state index in [0.717, 1.165) is 0 Å². The Hall–Kier alpha value is -2.54. The lowest BCUT2D eigenvalue weighted by molar-refractivity contribution is 1.07. The summed E-state index contributed by atoms with van der Waals surface area (Å²) < 4.78 is 2.30. The van der Waals surface area contributed by atoms with Crippen LogP contribution in [0.1, 0.15) is 12.5 Å². The third kappa shape index (κ3) is 2.21. The van der Waals surface area contributed by atoms with Gasteiger partial charge in [-0.25, -0.2) is 0 Å². The van der Waals surface area contributed by atoms with Gasteiger partial charge in [-0.15, -0.1) is 0 Å². The standard InChI is InChI=1S/C20H19N/c1-4-9-19-17(5-2)18-12-6-7-13-20(18)21(19)16-11-8-10-15(3)14-16/h4-14H,1H2,2-3H3/b17-5-,19-9+. The Morgan fingerprint density at radius 2 is 1.86 bits per heavy atom. The van der Waals surface area contributed by atoms with Gasteiger partial charge in [-0.2, -0.15) is 0 Å². The first-order valence-corrected chi connectivity index (χ1v) is 7.22. The molecule has 0 spiro atoms. The summed E-state index contributed by atoms with van der Waals surface area (Å²) in [6.45, 7) is 8.08. The topological polar surface area (TPSA) is 4.93 Å². The molecule has 0 aliphatic heterocycles. The number of para-hydroxylation sites is 1. The van der Waals surface area contributed by atoms with Gasteiger partial charge >= 0.3 is 0 Å². The molecule has 0 radical (unpaired) electrons. The van der Waals surface area contributed by atoms with Crippen LogP contribution in [0.3, 0.4) is 0 Å². The number of aromatic nitrogens is 1. The van der Waals surface area contributed by atoms with Crippen molar-refractivity contribution >= 4 is 23.1 Å². The maximum Gasteiger partial charge on any atom is 0.0540 e. The van der Waals surface area contributed by atoms with Crippen molar-refractivity contribution in [1.82, 2.24) is 4.57 Å². The van der Waals surface area contributed by atoms with E-state index in [4.69, 9.17) is 0 Å². The zero-order valence-corrected chi connectivity index (χ0v) is 12.5. The predicted octanol–water partition coefficient (Wildman–Crippen LogP) is 3.71. The zero-order chi connectivity index (χ0) is 14.8. The molecule has 0 fully saturated rings. The van der Waals surface area contributed by atoms with Crippen LogP contribution in [0.5, 0.6) is 0 Å². The Balaban J connectivity index is 2.55.